The molecule has 0 radical (unpaired) electrons. The summed E-state index contributed by atoms with van der Waals surface area (Å²) in [5.41, 5.74) is 11.6. The van der Waals surface area contributed by atoms with E-state index < -0.39 is 0 Å². The van der Waals surface area contributed by atoms with Crippen LogP contribution in [0, 0.1) is 16.7 Å². The summed E-state index contributed by atoms with van der Waals surface area (Å²) >= 11 is 0. The first kappa shape index (κ1) is 22.1. The first-order chi connectivity index (χ1) is 11.9. The van der Waals surface area contributed by atoms with E-state index in [4.69, 9.17) is 22.1 Å². The molecular formula is C17H27N7O. The van der Waals surface area contributed by atoms with Gasteiger partial charge in [-0.05, 0) is 25.8 Å². The van der Waals surface area contributed by atoms with E-state index in [1.807, 2.05) is 13.8 Å². The molecule has 1 aliphatic heterocycles. The lowest BCUT2D eigenvalue weighted by molar-refractivity contribution is -0.126. The predicted octanol–water partition coefficient (Wildman–Crippen LogP) is 2.13. The van der Waals surface area contributed by atoms with E-state index >= 15 is 0 Å². The van der Waals surface area contributed by atoms with E-state index in [1.54, 1.807) is 11.8 Å². The summed E-state index contributed by atoms with van der Waals surface area (Å²) in [6, 6.07) is 2.22. The molecule has 0 aromatic carbocycles. The Morgan fingerprint density at radius 3 is 2.44 bits per heavy atom. The van der Waals surface area contributed by atoms with Crippen molar-refractivity contribution in [2.24, 2.45) is 0 Å². The van der Waals surface area contributed by atoms with Crippen LogP contribution in [-0.4, -0.2) is 39.1 Å². The second kappa shape index (κ2) is 11.6. The van der Waals surface area contributed by atoms with Gasteiger partial charge in [0, 0.05) is 18.3 Å². The van der Waals surface area contributed by atoms with Crippen LogP contribution in [0.3, 0.4) is 0 Å². The summed E-state index contributed by atoms with van der Waals surface area (Å²) < 4.78 is 0. The summed E-state index contributed by atoms with van der Waals surface area (Å²) in [5, 5.41) is 15.8. The number of carbonyl (C=O) groups excluding carboxylic acids is 1. The molecule has 5 N–H and O–H groups in total. The summed E-state index contributed by atoms with van der Waals surface area (Å²) in [6.45, 7) is 9.79. The Balaban J connectivity index is 0.000000421. The minimum absolute atomic E-state index is 0.0484. The molecule has 0 aliphatic carbocycles. The van der Waals surface area contributed by atoms with Crippen molar-refractivity contribution in [1.82, 2.24) is 14.9 Å². The minimum atomic E-state index is -0.0484. The summed E-state index contributed by atoms with van der Waals surface area (Å²) in [5.74, 6) is 0.461. The number of nitrogens with two attached hydrogens (primary N) is 2. The molecule has 1 unspecified atom stereocenters. The number of hydrogen-bond acceptors (Lipinski definition) is 7. The van der Waals surface area contributed by atoms with Gasteiger partial charge >= 0.3 is 0 Å². The van der Waals surface area contributed by atoms with Crippen LogP contribution in [0.5, 0.6) is 0 Å². The zero-order valence-corrected chi connectivity index (χ0v) is 15.1. The number of rotatable bonds is 3. The third-order valence-corrected chi connectivity index (χ3v) is 3.44. The van der Waals surface area contributed by atoms with Crippen LogP contribution in [0.4, 0.5) is 11.6 Å². The molecular weight excluding hydrogens is 318 g/mol. The summed E-state index contributed by atoms with van der Waals surface area (Å²) in [4.78, 5) is 20.3. The van der Waals surface area contributed by atoms with Crippen molar-refractivity contribution in [3.05, 3.63) is 24.5 Å². The number of hydrogen-bond donors (Lipinski definition) is 3. The molecule has 1 aromatic heterocycles. The van der Waals surface area contributed by atoms with Crippen molar-refractivity contribution in [2.75, 3.05) is 18.0 Å². The Morgan fingerprint density at radius 2 is 2.04 bits per heavy atom. The highest BCUT2D eigenvalue weighted by atomic mass is 16.2. The molecule has 8 heteroatoms. The van der Waals surface area contributed by atoms with E-state index in [0.29, 0.717) is 12.0 Å². The molecule has 1 atom stereocenters. The molecule has 136 valence electrons. The van der Waals surface area contributed by atoms with Crippen molar-refractivity contribution in [3.8, 4) is 6.07 Å². The van der Waals surface area contributed by atoms with Crippen molar-refractivity contribution in [3.63, 3.8) is 0 Å². The number of nitrogens with zero attached hydrogens (tertiary/aromatic N) is 4. The number of aromatic nitrogens is 2. The number of nitrogen functional groups attached to an aromatic ring is 2. The lowest BCUT2D eigenvalue weighted by atomic mass is 10.1. The maximum Gasteiger partial charge on any atom is 0.246 e. The average molecular weight is 345 g/mol. The van der Waals surface area contributed by atoms with Gasteiger partial charge in [-0.3, -0.25) is 4.79 Å². The van der Waals surface area contributed by atoms with Gasteiger partial charge in [0.15, 0.2) is 0 Å². The smallest absolute Gasteiger partial charge is 0.246 e. The van der Waals surface area contributed by atoms with Crippen LogP contribution in [0.2, 0.25) is 0 Å². The third-order valence-electron chi connectivity index (χ3n) is 3.44. The van der Waals surface area contributed by atoms with Crippen LogP contribution in [0.15, 0.2) is 19.0 Å². The van der Waals surface area contributed by atoms with Crippen molar-refractivity contribution < 1.29 is 4.79 Å². The molecule has 8 nitrogen and oxygen atoms in total. The van der Waals surface area contributed by atoms with Crippen LogP contribution in [0.1, 0.15) is 45.6 Å². The van der Waals surface area contributed by atoms with Crippen LogP contribution < -0.4 is 11.5 Å². The molecule has 0 saturated carbocycles. The van der Waals surface area contributed by atoms with Crippen molar-refractivity contribution in [1.29, 1.82) is 10.7 Å². The van der Waals surface area contributed by atoms with E-state index in [0.717, 1.165) is 19.4 Å². The molecule has 1 amide bonds. The lowest BCUT2D eigenvalue weighted by Gasteiger charge is -2.20. The Kier molecular flexibility index (Phi) is 10.2. The minimum Gasteiger partial charge on any atom is -0.383 e. The Morgan fingerprint density at radius 1 is 1.48 bits per heavy atom. The number of amides is 1. The molecule has 1 aromatic rings. The molecule has 0 spiro atoms. The zero-order chi connectivity index (χ0) is 19.4. The number of anilines is 2. The lowest BCUT2D eigenvalue weighted by Crippen LogP contribution is -2.33. The highest BCUT2D eigenvalue weighted by Gasteiger charge is 2.26. The molecule has 1 aliphatic rings. The Bertz CT molecular complexity index is 616. The van der Waals surface area contributed by atoms with Gasteiger partial charge in [0.2, 0.25) is 5.91 Å². The first-order valence-corrected chi connectivity index (χ1v) is 8.13. The number of likely N-dealkylation sites (tertiary alicyclic amines) is 1. The fourth-order valence-corrected chi connectivity index (χ4v) is 2.36. The van der Waals surface area contributed by atoms with Crippen LogP contribution in [0.25, 0.3) is 0 Å². The number of nitrogens with one attached hydrogen (secondary N) is 1. The monoisotopic (exact) mass is 345 g/mol. The van der Waals surface area contributed by atoms with E-state index in [1.165, 1.54) is 12.4 Å². The SMILES string of the molecule is C=CC(=O)N1CCCC1CC#N.CC.CC(=N)c1c(N)ncnc1N. The Labute approximate surface area is 149 Å². The zero-order valence-electron chi connectivity index (χ0n) is 15.1. The van der Waals surface area contributed by atoms with Gasteiger partial charge in [0.25, 0.3) is 0 Å². The number of nitriles is 1. The second-order valence-corrected chi connectivity index (χ2v) is 5.04. The summed E-state index contributed by atoms with van der Waals surface area (Å²) in [6.07, 6.45) is 4.99. The average Bonchev–Trinajstić information content (AvgIpc) is 3.05. The highest BCUT2D eigenvalue weighted by Crippen LogP contribution is 2.19. The molecule has 0 bridgehead atoms. The quantitative estimate of drug-likeness (QED) is 0.565. The van der Waals surface area contributed by atoms with E-state index in [2.05, 4.69) is 22.6 Å². The molecule has 2 heterocycles. The molecule has 1 saturated heterocycles. The second-order valence-electron chi connectivity index (χ2n) is 5.04. The van der Waals surface area contributed by atoms with E-state index in [9.17, 15) is 4.79 Å². The van der Waals surface area contributed by atoms with Gasteiger partial charge in [-0.2, -0.15) is 5.26 Å². The van der Waals surface area contributed by atoms with Crippen molar-refractivity contribution in [2.45, 2.75) is 46.1 Å². The van der Waals surface area contributed by atoms with Gasteiger partial charge in [0.1, 0.15) is 18.0 Å². The topological polar surface area (TPSA) is 146 Å². The Hall–Kier alpha value is -2.95. The largest absolute Gasteiger partial charge is 0.383 e. The predicted molar refractivity (Wildman–Crippen MR) is 99.9 cm³/mol. The van der Waals surface area contributed by atoms with Crippen LogP contribution >= 0.6 is 0 Å². The normalized spacial score (nSPS) is 15.0. The first-order valence-electron chi connectivity index (χ1n) is 8.13. The number of carbonyl (C=O) groups is 1. The van der Waals surface area contributed by atoms with Gasteiger partial charge in [-0.1, -0.05) is 20.4 Å². The fraction of sp³-hybridized carbons (Fsp3) is 0.471. The van der Waals surface area contributed by atoms with Gasteiger partial charge in [-0.15, -0.1) is 0 Å². The molecule has 1 fully saturated rings. The van der Waals surface area contributed by atoms with Gasteiger partial charge in [-0.25, -0.2) is 9.97 Å². The maximum absolute atomic E-state index is 11.2. The van der Waals surface area contributed by atoms with Crippen LogP contribution in [-0.2, 0) is 4.79 Å². The maximum atomic E-state index is 11.2. The third kappa shape index (κ3) is 6.59. The highest BCUT2D eigenvalue weighted by molar-refractivity contribution is 6.03. The summed E-state index contributed by atoms with van der Waals surface area (Å²) in [7, 11) is 0. The van der Waals surface area contributed by atoms with Gasteiger partial charge in [0.05, 0.1) is 18.1 Å². The van der Waals surface area contributed by atoms with Crippen molar-refractivity contribution >= 4 is 23.3 Å². The standard InChI is InChI=1S/C9H12N2O.C6H9N5.C2H6/c1-2-9(12)11-7-3-4-8(11)5-6-10;1-3(7)4-5(8)10-2-11-6(4)9;1-2/h2,8H,1,3-5,7H2;2,7H,1H3,(H4,8,9,10,11);1-2H3. The van der Waals surface area contributed by atoms with Gasteiger partial charge < -0.3 is 21.8 Å². The molecule has 25 heavy (non-hydrogen) atoms. The fourth-order valence-electron chi connectivity index (χ4n) is 2.36. The molecule has 2 rings (SSSR count). The van der Waals surface area contributed by atoms with E-state index in [-0.39, 0.29) is 29.3 Å².